The van der Waals surface area contributed by atoms with Crippen LogP contribution in [-0.4, -0.2) is 32.9 Å². The number of hydrogen-bond donors (Lipinski definition) is 1. The summed E-state index contributed by atoms with van der Waals surface area (Å²) in [6.45, 7) is 0. The highest BCUT2D eigenvalue weighted by molar-refractivity contribution is 6.10. The van der Waals surface area contributed by atoms with E-state index in [0.717, 1.165) is 6.07 Å². The number of nitrogens with one attached hydrogen (secondary N) is 1. The second-order valence-corrected chi connectivity index (χ2v) is 1.85. The fraction of sp³-hybridized carbons (Fsp3) is 0.600. The Hall–Kier alpha value is -0.435. The van der Waals surface area contributed by atoms with Crippen molar-refractivity contribution in [1.82, 2.24) is 4.90 Å². The monoisotopic (exact) mass is 112 g/mol. The van der Waals surface area contributed by atoms with Crippen molar-refractivity contribution in [3.8, 4) is 0 Å². The summed E-state index contributed by atoms with van der Waals surface area (Å²) in [4.78, 5) is 3.88. The van der Waals surface area contributed by atoms with Gasteiger partial charge in [0, 0.05) is 21.0 Å². The molecule has 8 heavy (non-hydrogen) atoms. The third kappa shape index (κ3) is 0.735. The fourth-order valence-electron chi connectivity index (χ4n) is 0.642. The van der Waals surface area contributed by atoms with Crippen LogP contribution in [0.5, 0.6) is 0 Å². The summed E-state index contributed by atoms with van der Waals surface area (Å²) in [7, 11) is 4.86. The predicted octanol–water partition coefficient (Wildman–Crippen LogP) is -2.43. The third-order valence-corrected chi connectivity index (χ3v) is 0.980. The molecule has 2 unspecified atom stereocenters. The lowest BCUT2D eigenvalue weighted by Crippen LogP contribution is -3.08. The van der Waals surface area contributed by atoms with Crippen LogP contribution in [0.3, 0.4) is 0 Å². The van der Waals surface area contributed by atoms with E-state index >= 15 is 0 Å². The molecule has 0 saturated heterocycles. The highest BCUT2D eigenvalue weighted by Crippen LogP contribution is 1.88. The van der Waals surface area contributed by atoms with Gasteiger partial charge in [-0.15, -0.1) is 0 Å². The van der Waals surface area contributed by atoms with Gasteiger partial charge in [0.25, 0.3) is 0 Å². The minimum Gasteiger partial charge on any atom is -0.362 e. The van der Waals surface area contributed by atoms with E-state index in [1.807, 2.05) is 0 Å². The molecule has 0 fully saturated rings. The van der Waals surface area contributed by atoms with Gasteiger partial charge in [-0.05, 0) is 0 Å². The summed E-state index contributed by atoms with van der Waals surface area (Å²) in [5.74, 6) is 0. The van der Waals surface area contributed by atoms with E-state index in [-0.39, 0.29) is 0 Å². The van der Waals surface area contributed by atoms with Gasteiger partial charge < -0.3 is 9.80 Å². The Balaban J connectivity index is 2.55. The van der Waals surface area contributed by atoms with Crippen molar-refractivity contribution in [2.75, 3.05) is 14.1 Å². The summed E-state index contributed by atoms with van der Waals surface area (Å²) < 4.78 is 0. The van der Waals surface area contributed by atoms with E-state index in [2.05, 4.69) is 31.4 Å². The van der Waals surface area contributed by atoms with Crippen LogP contribution in [-0.2, 0) is 0 Å². The van der Waals surface area contributed by atoms with Gasteiger partial charge in [0.15, 0.2) is 0 Å². The first kappa shape index (κ1) is 5.70. The average Bonchev–Trinajstić information content (AvgIpc) is 1.98. The van der Waals surface area contributed by atoms with Gasteiger partial charge in [0.1, 0.15) is 6.20 Å². The maximum absolute atomic E-state index is 2.31. The molecular weight excluding hydrogens is 98.9 g/mol. The molecule has 1 aliphatic rings. The lowest BCUT2D eigenvalue weighted by atomic mass is 10.0. The van der Waals surface area contributed by atoms with Gasteiger partial charge in [-0.3, -0.25) is 0 Å². The zero-order valence-corrected chi connectivity index (χ0v) is 4.68. The predicted molar refractivity (Wildman–Crippen MR) is 37.5 cm³/mol. The molecule has 1 aliphatic heterocycles. The van der Waals surface area contributed by atoms with E-state index in [9.17, 15) is 0 Å². The standard InChI is InChI=1S/C5H12BN2/c1-7-3-4-8(2)5(7)6/h3-5H,1-2,6H3/q-1/p+1. The third-order valence-electron chi connectivity index (χ3n) is 0.980. The molecule has 1 N–H and O–H groups in total. The molecule has 0 aromatic heterocycles. The zero-order valence-electron chi connectivity index (χ0n) is 4.68. The van der Waals surface area contributed by atoms with Gasteiger partial charge in [-0.1, -0.05) is 0 Å². The second-order valence-electron chi connectivity index (χ2n) is 1.85. The summed E-state index contributed by atoms with van der Waals surface area (Å²) in [5.41, 5.74) is 0. The van der Waals surface area contributed by atoms with Gasteiger partial charge in [0.05, 0.1) is 13.2 Å². The van der Waals surface area contributed by atoms with Crippen molar-refractivity contribution in [3.05, 3.63) is 12.4 Å². The van der Waals surface area contributed by atoms with Crippen LogP contribution >= 0.6 is 0 Å². The van der Waals surface area contributed by atoms with Crippen molar-refractivity contribution >= 4 is 7.85 Å². The molecule has 0 bridgehead atoms. The topological polar surface area (TPSA) is 7.68 Å². The van der Waals surface area contributed by atoms with Crippen molar-refractivity contribution in [2.24, 2.45) is 0 Å². The minimum atomic E-state index is 0.481. The van der Waals surface area contributed by atoms with Crippen molar-refractivity contribution in [1.29, 1.82) is 0 Å². The van der Waals surface area contributed by atoms with Crippen molar-refractivity contribution in [2.45, 2.75) is 6.07 Å². The Bertz CT molecular complexity index is 101. The molecule has 0 aromatic carbocycles. The SMILES string of the molecule is [BH3-]C1N(C)C=C[NH+]1C. The Morgan fingerprint density at radius 3 is 2.50 bits per heavy atom. The Morgan fingerprint density at radius 2 is 2.38 bits per heavy atom. The molecule has 3 heteroatoms. The van der Waals surface area contributed by atoms with Gasteiger partial charge in [0.2, 0.25) is 0 Å². The number of hydrogen-bond acceptors (Lipinski definition) is 1. The number of nitrogens with zero attached hydrogens (tertiary/aromatic N) is 1. The van der Waals surface area contributed by atoms with Crippen molar-refractivity contribution < 1.29 is 4.90 Å². The Morgan fingerprint density at radius 1 is 1.75 bits per heavy atom. The van der Waals surface area contributed by atoms with E-state index in [1.165, 1.54) is 0 Å². The lowest BCUT2D eigenvalue weighted by molar-refractivity contribution is -0.840. The second kappa shape index (κ2) is 1.82. The highest BCUT2D eigenvalue weighted by atomic mass is 15.3. The van der Waals surface area contributed by atoms with Gasteiger partial charge in [-0.25, -0.2) is 0 Å². The van der Waals surface area contributed by atoms with Gasteiger partial charge in [-0.2, -0.15) is 0 Å². The molecule has 46 valence electrons. The molecule has 0 spiro atoms. The van der Waals surface area contributed by atoms with Crippen LogP contribution in [0.1, 0.15) is 0 Å². The molecule has 2 nitrogen and oxygen atoms in total. The molecule has 1 heterocycles. The normalized spacial score (nSPS) is 36.6. The van der Waals surface area contributed by atoms with Crippen LogP contribution in [0.15, 0.2) is 12.4 Å². The highest BCUT2D eigenvalue weighted by Gasteiger charge is 2.13. The molecular formula is C5H13BN2. The minimum absolute atomic E-state index is 0.481. The molecule has 0 aliphatic carbocycles. The molecule has 0 amide bonds. The Kier molecular flexibility index (Phi) is 1.30. The van der Waals surface area contributed by atoms with Crippen molar-refractivity contribution in [3.63, 3.8) is 0 Å². The first-order valence-electron chi connectivity index (χ1n) is 2.37. The molecule has 0 saturated carbocycles. The van der Waals surface area contributed by atoms with E-state index in [0.29, 0.717) is 7.85 Å². The summed E-state index contributed by atoms with van der Waals surface area (Å²) in [5, 5.41) is 0. The average molecular weight is 112 g/mol. The molecule has 1 rings (SSSR count). The van der Waals surface area contributed by atoms with E-state index in [4.69, 9.17) is 0 Å². The summed E-state index contributed by atoms with van der Waals surface area (Å²) in [6, 6.07) is 0.870. The molecule has 2 atom stereocenters. The van der Waals surface area contributed by atoms with Crippen LogP contribution in [0.25, 0.3) is 0 Å². The van der Waals surface area contributed by atoms with E-state index in [1.54, 1.807) is 4.90 Å². The number of rotatable bonds is 0. The van der Waals surface area contributed by atoms with Crippen LogP contribution in [0, 0.1) is 0 Å². The van der Waals surface area contributed by atoms with Crippen LogP contribution in [0.4, 0.5) is 0 Å². The maximum Gasteiger partial charge on any atom is 0.109 e. The zero-order chi connectivity index (χ0) is 6.15. The molecule has 0 radical (unpaired) electrons. The lowest BCUT2D eigenvalue weighted by Gasteiger charge is -2.22. The largest absolute Gasteiger partial charge is 0.362 e. The quantitative estimate of drug-likeness (QED) is 0.342. The van der Waals surface area contributed by atoms with E-state index < -0.39 is 0 Å². The van der Waals surface area contributed by atoms with Gasteiger partial charge >= 0.3 is 0 Å². The maximum atomic E-state index is 2.31. The van der Waals surface area contributed by atoms with Crippen LogP contribution in [0.2, 0.25) is 0 Å². The fourth-order valence-corrected chi connectivity index (χ4v) is 0.642. The summed E-state index contributed by atoms with van der Waals surface area (Å²) in [6.07, 6.45) is 4.39. The van der Waals surface area contributed by atoms with Crippen LogP contribution < -0.4 is 4.90 Å². The first-order valence-corrected chi connectivity index (χ1v) is 2.37. The first-order chi connectivity index (χ1) is 3.72. The molecule has 0 aromatic rings. The Labute approximate surface area is 51.2 Å². The number of quaternary nitrogens is 1. The smallest absolute Gasteiger partial charge is 0.109 e. The summed E-state index contributed by atoms with van der Waals surface area (Å²) >= 11 is 0.